The van der Waals surface area contributed by atoms with E-state index in [1.54, 1.807) is 0 Å². The zero-order chi connectivity index (χ0) is 13.0. The van der Waals surface area contributed by atoms with E-state index in [1.807, 2.05) is 24.3 Å². The summed E-state index contributed by atoms with van der Waals surface area (Å²) in [4.78, 5) is 0. The summed E-state index contributed by atoms with van der Waals surface area (Å²) in [6, 6.07) is 16.0. The number of hydrogen-bond acceptors (Lipinski definition) is 2. The standard InChI is InChI=1S/C16H16N2/c1-12-4-3-5-15(13(12)2)11-18-16-8-6-14(10-17)7-9-16/h3-9,18H,11H2,1-2H3. The molecule has 0 aliphatic rings. The maximum absolute atomic E-state index is 8.73. The SMILES string of the molecule is Cc1cccc(CNc2ccc(C#N)cc2)c1C. The van der Waals surface area contributed by atoms with E-state index in [9.17, 15) is 0 Å². The maximum Gasteiger partial charge on any atom is 0.0991 e. The third kappa shape index (κ3) is 2.70. The Morgan fingerprint density at radius 2 is 1.78 bits per heavy atom. The van der Waals surface area contributed by atoms with Crippen molar-refractivity contribution < 1.29 is 0 Å². The number of nitrogens with one attached hydrogen (secondary N) is 1. The normalized spacial score (nSPS) is 9.83. The highest BCUT2D eigenvalue weighted by Crippen LogP contribution is 2.15. The maximum atomic E-state index is 8.73. The van der Waals surface area contributed by atoms with Crippen molar-refractivity contribution in [1.29, 1.82) is 5.26 Å². The first-order valence-electron chi connectivity index (χ1n) is 6.00. The Morgan fingerprint density at radius 1 is 1.06 bits per heavy atom. The number of anilines is 1. The van der Waals surface area contributed by atoms with Gasteiger partial charge in [0.05, 0.1) is 11.6 Å². The van der Waals surface area contributed by atoms with E-state index in [2.05, 4.69) is 43.4 Å². The van der Waals surface area contributed by atoms with Crippen molar-refractivity contribution in [3.05, 3.63) is 64.7 Å². The van der Waals surface area contributed by atoms with Crippen LogP contribution in [0.15, 0.2) is 42.5 Å². The fourth-order valence-electron chi connectivity index (χ4n) is 1.86. The lowest BCUT2D eigenvalue weighted by atomic mass is 10.0. The van der Waals surface area contributed by atoms with Gasteiger partial charge in [-0.1, -0.05) is 18.2 Å². The van der Waals surface area contributed by atoms with E-state index < -0.39 is 0 Å². The minimum Gasteiger partial charge on any atom is -0.381 e. The fraction of sp³-hybridized carbons (Fsp3) is 0.188. The molecule has 2 nitrogen and oxygen atoms in total. The summed E-state index contributed by atoms with van der Waals surface area (Å²) in [7, 11) is 0. The van der Waals surface area contributed by atoms with Crippen LogP contribution < -0.4 is 5.32 Å². The van der Waals surface area contributed by atoms with Crippen molar-refractivity contribution in [2.75, 3.05) is 5.32 Å². The molecule has 18 heavy (non-hydrogen) atoms. The molecule has 0 bridgehead atoms. The molecule has 0 aliphatic heterocycles. The molecule has 2 rings (SSSR count). The topological polar surface area (TPSA) is 35.8 Å². The average molecular weight is 236 g/mol. The number of aryl methyl sites for hydroxylation is 1. The van der Waals surface area contributed by atoms with Crippen LogP contribution in [-0.4, -0.2) is 0 Å². The molecule has 1 N–H and O–H groups in total. The Kier molecular flexibility index (Phi) is 3.64. The molecular weight excluding hydrogens is 220 g/mol. The molecule has 0 aromatic heterocycles. The second-order valence-electron chi connectivity index (χ2n) is 4.40. The highest BCUT2D eigenvalue weighted by molar-refractivity contribution is 5.48. The van der Waals surface area contributed by atoms with Crippen molar-refractivity contribution in [3.63, 3.8) is 0 Å². The predicted molar refractivity (Wildman–Crippen MR) is 74.4 cm³/mol. The summed E-state index contributed by atoms with van der Waals surface area (Å²) >= 11 is 0. The lowest BCUT2D eigenvalue weighted by molar-refractivity contribution is 1.10. The first kappa shape index (κ1) is 12.2. The number of benzene rings is 2. The average Bonchev–Trinajstić information content (AvgIpc) is 2.41. The second kappa shape index (κ2) is 5.37. The smallest absolute Gasteiger partial charge is 0.0991 e. The Labute approximate surface area is 108 Å². The largest absolute Gasteiger partial charge is 0.381 e. The van der Waals surface area contributed by atoms with Crippen LogP contribution in [0.25, 0.3) is 0 Å². The van der Waals surface area contributed by atoms with E-state index in [-0.39, 0.29) is 0 Å². The van der Waals surface area contributed by atoms with Gasteiger partial charge in [-0.05, 0) is 54.8 Å². The highest BCUT2D eigenvalue weighted by atomic mass is 14.9. The van der Waals surface area contributed by atoms with Gasteiger partial charge in [-0.3, -0.25) is 0 Å². The van der Waals surface area contributed by atoms with Crippen molar-refractivity contribution in [2.24, 2.45) is 0 Å². The summed E-state index contributed by atoms with van der Waals surface area (Å²) in [5.41, 5.74) is 5.68. The van der Waals surface area contributed by atoms with Crippen molar-refractivity contribution >= 4 is 5.69 Å². The van der Waals surface area contributed by atoms with Gasteiger partial charge in [-0.25, -0.2) is 0 Å². The Balaban J connectivity index is 2.07. The number of rotatable bonds is 3. The fourth-order valence-corrected chi connectivity index (χ4v) is 1.86. The quantitative estimate of drug-likeness (QED) is 0.880. The van der Waals surface area contributed by atoms with Crippen LogP contribution in [-0.2, 0) is 6.54 Å². The first-order chi connectivity index (χ1) is 8.70. The number of nitrogens with zero attached hydrogens (tertiary/aromatic N) is 1. The molecule has 0 aliphatic carbocycles. The van der Waals surface area contributed by atoms with Crippen LogP contribution in [0, 0.1) is 25.2 Å². The van der Waals surface area contributed by atoms with Crippen LogP contribution in [0.5, 0.6) is 0 Å². The van der Waals surface area contributed by atoms with Gasteiger partial charge in [-0.2, -0.15) is 5.26 Å². The molecule has 0 atom stereocenters. The minimum absolute atomic E-state index is 0.687. The van der Waals surface area contributed by atoms with E-state index >= 15 is 0 Å². The van der Waals surface area contributed by atoms with E-state index in [1.165, 1.54) is 16.7 Å². The minimum atomic E-state index is 0.687. The summed E-state index contributed by atoms with van der Waals surface area (Å²) in [6.07, 6.45) is 0. The first-order valence-corrected chi connectivity index (χ1v) is 6.00. The monoisotopic (exact) mass is 236 g/mol. The molecule has 0 saturated heterocycles. The Hall–Kier alpha value is -2.27. The van der Waals surface area contributed by atoms with Crippen molar-refractivity contribution in [2.45, 2.75) is 20.4 Å². The summed E-state index contributed by atoms with van der Waals surface area (Å²) in [5.74, 6) is 0. The summed E-state index contributed by atoms with van der Waals surface area (Å²) in [5, 5.41) is 12.1. The van der Waals surface area contributed by atoms with Gasteiger partial charge in [0.2, 0.25) is 0 Å². The zero-order valence-electron chi connectivity index (χ0n) is 10.7. The predicted octanol–water partition coefficient (Wildman–Crippen LogP) is 3.79. The number of hydrogen-bond donors (Lipinski definition) is 1. The van der Waals surface area contributed by atoms with Gasteiger partial charge in [0, 0.05) is 12.2 Å². The van der Waals surface area contributed by atoms with E-state index in [4.69, 9.17) is 5.26 Å². The molecule has 2 aromatic carbocycles. The molecule has 0 amide bonds. The van der Waals surface area contributed by atoms with Crippen LogP contribution in [0.3, 0.4) is 0 Å². The molecule has 0 unspecified atom stereocenters. The zero-order valence-corrected chi connectivity index (χ0v) is 10.7. The second-order valence-corrected chi connectivity index (χ2v) is 4.40. The van der Waals surface area contributed by atoms with Gasteiger partial charge in [-0.15, -0.1) is 0 Å². The van der Waals surface area contributed by atoms with Gasteiger partial charge in [0.25, 0.3) is 0 Å². The molecule has 90 valence electrons. The Morgan fingerprint density at radius 3 is 2.44 bits per heavy atom. The van der Waals surface area contributed by atoms with Crippen molar-refractivity contribution in [1.82, 2.24) is 0 Å². The molecule has 0 heterocycles. The molecule has 0 saturated carbocycles. The van der Waals surface area contributed by atoms with Gasteiger partial charge >= 0.3 is 0 Å². The Bertz CT molecular complexity index is 577. The highest BCUT2D eigenvalue weighted by Gasteiger charge is 2.00. The summed E-state index contributed by atoms with van der Waals surface area (Å²) < 4.78 is 0. The van der Waals surface area contributed by atoms with Crippen LogP contribution in [0.4, 0.5) is 5.69 Å². The van der Waals surface area contributed by atoms with Gasteiger partial charge < -0.3 is 5.32 Å². The lowest BCUT2D eigenvalue weighted by Gasteiger charge is -2.10. The molecule has 0 fully saturated rings. The van der Waals surface area contributed by atoms with E-state index in [0.717, 1.165) is 12.2 Å². The number of nitriles is 1. The van der Waals surface area contributed by atoms with Crippen LogP contribution in [0.2, 0.25) is 0 Å². The van der Waals surface area contributed by atoms with Crippen LogP contribution >= 0.6 is 0 Å². The van der Waals surface area contributed by atoms with Gasteiger partial charge in [0.15, 0.2) is 0 Å². The summed E-state index contributed by atoms with van der Waals surface area (Å²) in [6.45, 7) is 5.07. The van der Waals surface area contributed by atoms with E-state index in [0.29, 0.717) is 5.56 Å². The molecule has 2 aromatic rings. The lowest BCUT2D eigenvalue weighted by Crippen LogP contribution is -2.02. The molecule has 0 spiro atoms. The third-order valence-corrected chi connectivity index (χ3v) is 3.21. The van der Waals surface area contributed by atoms with Gasteiger partial charge in [0.1, 0.15) is 0 Å². The third-order valence-electron chi connectivity index (χ3n) is 3.21. The molecular formula is C16H16N2. The van der Waals surface area contributed by atoms with Crippen LogP contribution in [0.1, 0.15) is 22.3 Å². The molecule has 0 radical (unpaired) electrons. The van der Waals surface area contributed by atoms with Crippen molar-refractivity contribution in [3.8, 4) is 6.07 Å². The molecule has 2 heteroatoms.